The van der Waals surface area contributed by atoms with E-state index in [-0.39, 0.29) is 6.61 Å². The summed E-state index contributed by atoms with van der Waals surface area (Å²) in [5.74, 6) is 1.07. The predicted molar refractivity (Wildman–Crippen MR) is 105 cm³/mol. The van der Waals surface area contributed by atoms with E-state index in [0.29, 0.717) is 18.4 Å². The van der Waals surface area contributed by atoms with E-state index in [1.807, 2.05) is 6.08 Å². The number of benzene rings is 1. The van der Waals surface area contributed by atoms with Crippen molar-refractivity contribution in [1.82, 2.24) is 0 Å². The molecule has 3 nitrogen and oxygen atoms in total. The van der Waals surface area contributed by atoms with Gasteiger partial charge in [-0.2, -0.15) is 0 Å². The fourth-order valence-corrected chi connectivity index (χ4v) is 3.75. The Morgan fingerprint density at radius 3 is 2.92 bits per heavy atom. The number of aliphatic hydroxyl groups is 1. The zero-order chi connectivity index (χ0) is 17.9. The Hall–Kier alpha value is -1.16. The molecular formula is C22H35NO2. The molecule has 2 rings (SSSR count). The van der Waals surface area contributed by atoms with Crippen LogP contribution in [0.25, 0.3) is 0 Å². The average Bonchev–Trinajstić information content (AvgIpc) is 2.65. The minimum atomic E-state index is 0.276. The van der Waals surface area contributed by atoms with Crippen molar-refractivity contribution in [3.05, 3.63) is 47.5 Å². The number of hydrogen-bond acceptors (Lipinski definition) is 3. The Labute approximate surface area is 153 Å². The van der Waals surface area contributed by atoms with E-state index in [1.165, 1.54) is 23.1 Å². The molecule has 0 unspecified atom stereocenters. The van der Waals surface area contributed by atoms with E-state index in [1.54, 1.807) is 0 Å². The standard InChI is InChI=1S/C22H35NO2/c1-2-3-6-13-25-17-18-8-9-20-15-21(11-10-19(20)14-18)22(16-23)7-4-5-12-24/h2,10-11,15,18,22,24H,1,3-9,12-14,16-17,23H2/t18-,22+/m1/s1. The number of aryl methyl sites for hydroxylation is 1. The highest BCUT2D eigenvalue weighted by molar-refractivity contribution is 5.36. The van der Waals surface area contributed by atoms with Crippen molar-refractivity contribution in [3.8, 4) is 0 Å². The molecule has 0 saturated heterocycles. The van der Waals surface area contributed by atoms with Crippen molar-refractivity contribution < 1.29 is 9.84 Å². The second-order valence-electron chi connectivity index (χ2n) is 7.29. The van der Waals surface area contributed by atoms with Crippen molar-refractivity contribution in [2.45, 2.75) is 57.3 Å². The van der Waals surface area contributed by atoms with Crippen LogP contribution in [0.5, 0.6) is 0 Å². The topological polar surface area (TPSA) is 55.5 Å². The van der Waals surface area contributed by atoms with Crippen molar-refractivity contribution in [3.63, 3.8) is 0 Å². The maximum absolute atomic E-state index is 8.96. The lowest BCUT2D eigenvalue weighted by molar-refractivity contribution is 0.0930. The molecule has 0 spiro atoms. The summed E-state index contributed by atoms with van der Waals surface area (Å²) < 4.78 is 5.84. The number of hydrogen-bond donors (Lipinski definition) is 2. The molecule has 3 heteroatoms. The van der Waals surface area contributed by atoms with E-state index in [9.17, 15) is 0 Å². The molecule has 25 heavy (non-hydrogen) atoms. The molecular weight excluding hydrogens is 310 g/mol. The lowest BCUT2D eigenvalue weighted by Gasteiger charge is -2.26. The van der Waals surface area contributed by atoms with E-state index < -0.39 is 0 Å². The molecule has 0 heterocycles. The van der Waals surface area contributed by atoms with Gasteiger partial charge in [-0.05, 0) is 80.0 Å². The van der Waals surface area contributed by atoms with Gasteiger partial charge in [-0.3, -0.25) is 0 Å². The molecule has 0 aliphatic heterocycles. The number of ether oxygens (including phenoxy) is 1. The van der Waals surface area contributed by atoms with E-state index in [0.717, 1.165) is 58.2 Å². The Morgan fingerprint density at radius 1 is 1.28 bits per heavy atom. The van der Waals surface area contributed by atoms with Gasteiger partial charge in [-0.15, -0.1) is 6.58 Å². The van der Waals surface area contributed by atoms with E-state index in [2.05, 4.69) is 24.8 Å². The van der Waals surface area contributed by atoms with Crippen LogP contribution in [0.2, 0.25) is 0 Å². The molecule has 1 aromatic rings. The summed E-state index contributed by atoms with van der Waals surface area (Å²) in [5, 5.41) is 8.96. The molecule has 1 aliphatic carbocycles. The number of rotatable bonds is 12. The number of allylic oxidation sites excluding steroid dienone is 1. The first kappa shape index (κ1) is 20.2. The van der Waals surface area contributed by atoms with Gasteiger partial charge in [0.1, 0.15) is 0 Å². The van der Waals surface area contributed by atoms with Gasteiger partial charge in [-0.25, -0.2) is 0 Å². The second-order valence-corrected chi connectivity index (χ2v) is 7.29. The summed E-state index contributed by atoms with van der Waals surface area (Å²) in [7, 11) is 0. The third-order valence-corrected chi connectivity index (χ3v) is 5.33. The molecule has 0 radical (unpaired) electrons. The minimum absolute atomic E-state index is 0.276. The number of unbranched alkanes of at least 4 members (excludes halogenated alkanes) is 2. The molecule has 0 fully saturated rings. The van der Waals surface area contributed by atoms with Gasteiger partial charge in [0.25, 0.3) is 0 Å². The quantitative estimate of drug-likeness (QED) is 0.445. The van der Waals surface area contributed by atoms with Crippen LogP contribution in [-0.4, -0.2) is 31.5 Å². The molecule has 1 aromatic carbocycles. The van der Waals surface area contributed by atoms with Crippen LogP contribution >= 0.6 is 0 Å². The summed E-state index contributed by atoms with van der Waals surface area (Å²) in [6.07, 6.45) is 10.6. The van der Waals surface area contributed by atoms with Gasteiger partial charge in [-0.1, -0.05) is 30.7 Å². The summed E-state index contributed by atoms with van der Waals surface area (Å²) in [6.45, 7) is 6.43. The van der Waals surface area contributed by atoms with Crippen molar-refractivity contribution in [2.24, 2.45) is 11.7 Å². The molecule has 0 bridgehead atoms. The summed E-state index contributed by atoms with van der Waals surface area (Å²) in [5.41, 5.74) is 10.4. The third kappa shape index (κ3) is 6.58. The first-order valence-electron chi connectivity index (χ1n) is 9.89. The van der Waals surface area contributed by atoms with Crippen molar-refractivity contribution in [1.29, 1.82) is 0 Å². The van der Waals surface area contributed by atoms with E-state index >= 15 is 0 Å². The smallest absolute Gasteiger partial charge is 0.0497 e. The number of aliphatic hydroxyl groups excluding tert-OH is 1. The number of nitrogens with two attached hydrogens (primary N) is 1. The van der Waals surface area contributed by atoms with Gasteiger partial charge < -0.3 is 15.6 Å². The first-order valence-corrected chi connectivity index (χ1v) is 9.89. The predicted octanol–water partition coefficient (Wildman–Crippen LogP) is 3.98. The van der Waals surface area contributed by atoms with Gasteiger partial charge in [0, 0.05) is 19.8 Å². The second kappa shape index (κ2) is 11.5. The Bertz CT molecular complexity index is 515. The third-order valence-electron chi connectivity index (χ3n) is 5.33. The Morgan fingerprint density at radius 2 is 2.16 bits per heavy atom. The molecule has 0 aromatic heterocycles. The van der Waals surface area contributed by atoms with Crippen LogP contribution < -0.4 is 5.73 Å². The van der Waals surface area contributed by atoms with Crippen LogP contribution in [0.1, 0.15) is 61.1 Å². The van der Waals surface area contributed by atoms with Crippen LogP contribution in [0.4, 0.5) is 0 Å². The zero-order valence-electron chi connectivity index (χ0n) is 15.6. The lowest BCUT2D eigenvalue weighted by atomic mass is 9.81. The first-order chi connectivity index (χ1) is 12.3. The molecule has 1 aliphatic rings. The summed E-state index contributed by atoms with van der Waals surface area (Å²) >= 11 is 0. The highest BCUT2D eigenvalue weighted by Gasteiger charge is 2.20. The van der Waals surface area contributed by atoms with Gasteiger partial charge in [0.2, 0.25) is 0 Å². The van der Waals surface area contributed by atoms with Gasteiger partial charge in [0.15, 0.2) is 0 Å². The number of fused-ring (bicyclic) bond motifs is 1. The maximum Gasteiger partial charge on any atom is 0.0497 e. The molecule has 3 N–H and O–H groups in total. The van der Waals surface area contributed by atoms with Crippen LogP contribution in [0.3, 0.4) is 0 Å². The summed E-state index contributed by atoms with van der Waals surface area (Å²) in [6, 6.07) is 6.96. The van der Waals surface area contributed by atoms with Gasteiger partial charge >= 0.3 is 0 Å². The fraction of sp³-hybridized carbons (Fsp3) is 0.636. The van der Waals surface area contributed by atoms with Crippen molar-refractivity contribution >= 4 is 0 Å². The van der Waals surface area contributed by atoms with Crippen LogP contribution in [0.15, 0.2) is 30.9 Å². The Kier molecular flexibility index (Phi) is 9.23. The van der Waals surface area contributed by atoms with Crippen LogP contribution in [0, 0.1) is 5.92 Å². The molecule has 0 amide bonds. The van der Waals surface area contributed by atoms with Crippen molar-refractivity contribution in [2.75, 3.05) is 26.4 Å². The highest BCUT2D eigenvalue weighted by atomic mass is 16.5. The SMILES string of the molecule is C=CCCCOC[C@@H]1CCc2cc([C@H](CN)CCCCO)ccc2C1. The van der Waals surface area contributed by atoms with Crippen LogP contribution in [-0.2, 0) is 17.6 Å². The molecule has 2 atom stereocenters. The molecule has 0 saturated carbocycles. The average molecular weight is 346 g/mol. The lowest BCUT2D eigenvalue weighted by Crippen LogP contribution is -2.20. The highest BCUT2D eigenvalue weighted by Crippen LogP contribution is 2.30. The largest absolute Gasteiger partial charge is 0.396 e. The van der Waals surface area contributed by atoms with E-state index in [4.69, 9.17) is 15.6 Å². The monoisotopic (exact) mass is 345 g/mol. The zero-order valence-corrected chi connectivity index (χ0v) is 15.6. The normalized spacial score (nSPS) is 17.9. The fourth-order valence-electron chi connectivity index (χ4n) is 3.75. The Balaban J connectivity index is 1.86. The maximum atomic E-state index is 8.96. The van der Waals surface area contributed by atoms with Gasteiger partial charge in [0.05, 0.1) is 0 Å². The minimum Gasteiger partial charge on any atom is -0.396 e. The summed E-state index contributed by atoms with van der Waals surface area (Å²) in [4.78, 5) is 0. The molecule has 140 valence electrons.